The maximum Gasteiger partial charge on any atom is 0.269 e. The van der Waals surface area contributed by atoms with E-state index in [4.69, 9.17) is 0 Å². The molecule has 0 heterocycles. The molecule has 0 bridgehead atoms. The zero-order valence-electron chi connectivity index (χ0n) is 11.9. The maximum absolute atomic E-state index is 12.1. The Morgan fingerprint density at radius 3 is 2.80 bits per heavy atom. The smallest absolute Gasteiger partial charge is 0.269 e. The fraction of sp³-hybridized carbons (Fsp3) is 0.562. The second kappa shape index (κ2) is 6.64. The molecule has 1 aromatic rings. The molecule has 1 fully saturated rings. The van der Waals surface area contributed by atoms with Crippen LogP contribution in [-0.2, 0) is 11.2 Å². The quantitative estimate of drug-likeness (QED) is 0.604. The third-order valence-corrected chi connectivity index (χ3v) is 4.30. The molecule has 0 aromatic heterocycles. The standard InChI is InChI=1S/C16H21NO3/c1-12-5-2-3-7-14(12)11-16(18)10-13-6-4-8-15(9-13)17(19)20/h4,6,8-9,12,14H,2-3,5,7,10-11H2,1H3. The molecule has 2 rings (SSSR count). The molecule has 2 atom stereocenters. The summed E-state index contributed by atoms with van der Waals surface area (Å²) >= 11 is 0. The van der Waals surface area contributed by atoms with Crippen LogP contribution in [0.15, 0.2) is 24.3 Å². The van der Waals surface area contributed by atoms with Crippen molar-refractivity contribution in [2.24, 2.45) is 11.8 Å². The molecule has 0 N–H and O–H groups in total. The van der Waals surface area contributed by atoms with Crippen LogP contribution in [0.25, 0.3) is 0 Å². The summed E-state index contributed by atoms with van der Waals surface area (Å²) in [5.74, 6) is 1.32. The van der Waals surface area contributed by atoms with E-state index < -0.39 is 4.92 Å². The fourth-order valence-corrected chi connectivity index (χ4v) is 3.07. The lowest BCUT2D eigenvalue weighted by molar-refractivity contribution is -0.384. The number of benzene rings is 1. The number of hydrogen-bond donors (Lipinski definition) is 0. The third kappa shape index (κ3) is 3.89. The van der Waals surface area contributed by atoms with Gasteiger partial charge in [-0.05, 0) is 23.8 Å². The Bertz CT molecular complexity index is 498. The molecule has 4 nitrogen and oxygen atoms in total. The van der Waals surface area contributed by atoms with E-state index in [0.29, 0.717) is 24.7 Å². The van der Waals surface area contributed by atoms with E-state index in [9.17, 15) is 14.9 Å². The van der Waals surface area contributed by atoms with Crippen LogP contribution in [0.4, 0.5) is 5.69 Å². The highest BCUT2D eigenvalue weighted by Gasteiger charge is 2.23. The van der Waals surface area contributed by atoms with Crippen molar-refractivity contribution in [3.8, 4) is 0 Å². The molecule has 0 spiro atoms. The van der Waals surface area contributed by atoms with E-state index in [0.717, 1.165) is 12.0 Å². The van der Waals surface area contributed by atoms with Crippen molar-refractivity contribution in [2.45, 2.75) is 45.4 Å². The highest BCUT2D eigenvalue weighted by atomic mass is 16.6. The molecule has 1 aliphatic rings. The average molecular weight is 275 g/mol. The average Bonchev–Trinajstić information content (AvgIpc) is 2.41. The Kier molecular flexibility index (Phi) is 4.88. The molecule has 20 heavy (non-hydrogen) atoms. The van der Waals surface area contributed by atoms with Gasteiger partial charge in [0.25, 0.3) is 5.69 Å². The van der Waals surface area contributed by atoms with Gasteiger partial charge in [-0.1, -0.05) is 38.3 Å². The SMILES string of the molecule is CC1CCCCC1CC(=O)Cc1cccc([N+](=O)[O-])c1. The number of Topliss-reactive ketones (excluding diaryl/α,β-unsaturated/α-hetero) is 1. The zero-order valence-corrected chi connectivity index (χ0v) is 11.9. The third-order valence-electron chi connectivity index (χ3n) is 4.30. The largest absolute Gasteiger partial charge is 0.299 e. The van der Waals surface area contributed by atoms with Gasteiger partial charge in [0.2, 0.25) is 0 Å². The van der Waals surface area contributed by atoms with Gasteiger partial charge in [-0.15, -0.1) is 0 Å². The van der Waals surface area contributed by atoms with Crippen molar-refractivity contribution in [1.82, 2.24) is 0 Å². The van der Waals surface area contributed by atoms with Crippen molar-refractivity contribution < 1.29 is 9.72 Å². The Hall–Kier alpha value is -1.71. The highest BCUT2D eigenvalue weighted by Crippen LogP contribution is 2.32. The van der Waals surface area contributed by atoms with Gasteiger partial charge < -0.3 is 0 Å². The van der Waals surface area contributed by atoms with E-state index in [1.165, 1.54) is 31.4 Å². The topological polar surface area (TPSA) is 60.2 Å². The Morgan fingerprint density at radius 2 is 2.10 bits per heavy atom. The molecule has 108 valence electrons. The molecule has 1 saturated carbocycles. The monoisotopic (exact) mass is 275 g/mol. The van der Waals surface area contributed by atoms with E-state index in [1.807, 2.05) is 0 Å². The van der Waals surface area contributed by atoms with E-state index in [1.54, 1.807) is 12.1 Å². The minimum atomic E-state index is -0.419. The summed E-state index contributed by atoms with van der Waals surface area (Å²) in [5, 5.41) is 10.7. The number of hydrogen-bond acceptors (Lipinski definition) is 3. The van der Waals surface area contributed by atoms with E-state index in [2.05, 4.69) is 6.92 Å². The number of rotatable bonds is 5. The van der Waals surface area contributed by atoms with Gasteiger partial charge in [-0.25, -0.2) is 0 Å². The van der Waals surface area contributed by atoms with Gasteiger partial charge >= 0.3 is 0 Å². The summed E-state index contributed by atoms with van der Waals surface area (Å²) in [4.78, 5) is 22.4. The molecule has 0 amide bonds. The first kappa shape index (κ1) is 14.7. The van der Waals surface area contributed by atoms with Crippen LogP contribution in [0.2, 0.25) is 0 Å². The van der Waals surface area contributed by atoms with Crippen LogP contribution in [0, 0.1) is 22.0 Å². The number of ketones is 1. The molecular weight excluding hydrogens is 254 g/mol. The van der Waals surface area contributed by atoms with E-state index >= 15 is 0 Å². The Balaban J connectivity index is 1.94. The number of non-ortho nitro benzene ring substituents is 1. The van der Waals surface area contributed by atoms with Crippen LogP contribution >= 0.6 is 0 Å². The Labute approximate surface area is 119 Å². The first-order chi connectivity index (χ1) is 9.56. The minimum absolute atomic E-state index is 0.0568. The first-order valence-corrected chi connectivity index (χ1v) is 7.31. The molecule has 1 aromatic carbocycles. The molecule has 2 unspecified atom stereocenters. The van der Waals surface area contributed by atoms with Crippen LogP contribution in [-0.4, -0.2) is 10.7 Å². The van der Waals surface area contributed by atoms with E-state index in [-0.39, 0.29) is 11.5 Å². The first-order valence-electron chi connectivity index (χ1n) is 7.31. The summed E-state index contributed by atoms with van der Waals surface area (Å²) in [6.45, 7) is 2.23. The van der Waals surface area contributed by atoms with Gasteiger partial charge in [0, 0.05) is 25.0 Å². The molecular formula is C16H21NO3. The maximum atomic E-state index is 12.1. The second-order valence-corrected chi connectivity index (χ2v) is 5.87. The molecule has 1 aliphatic carbocycles. The van der Waals surface area contributed by atoms with Gasteiger partial charge in [-0.3, -0.25) is 14.9 Å². The Morgan fingerprint density at radius 1 is 1.35 bits per heavy atom. The number of carbonyl (C=O) groups excluding carboxylic acids is 1. The highest BCUT2D eigenvalue weighted by molar-refractivity contribution is 5.81. The molecule has 0 aliphatic heterocycles. The number of nitro groups is 1. The van der Waals surface area contributed by atoms with Crippen molar-refractivity contribution in [3.63, 3.8) is 0 Å². The summed E-state index contributed by atoms with van der Waals surface area (Å²) < 4.78 is 0. The number of nitro benzene ring substituents is 1. The minimum Gasteiger partial charge on any atom is -0.299 e. The van der Waals surface area contributed by atoms with Crippen molar-refractivity contribution in [2.75, 3.05) is 0 Å². The lowest BCUT2D eigenvalue weighted by Crippen LogP contribution is -2.20. The molecule has 0 saturated heterocycles. The molecule has 4 heteroatoms. The van der Waals surface area contributed by atoms with Gasteiger partial charge in [0.1, 0.15) is 5.78 Å². The summed E-state index contributed by atoms with van der Waals surface area (Å²) in [5.41, 5.74) is 0.800. The van der Waals surface area contributed by atoms with Crippen LogP contribution in [0.3, 0.4) is 0 Å². The van der Waals surface area contributed by atoms with Gasteiger partial charge in [0.15, 0.2) is 0 Å². The number of nitrogens with zero attached hydrogens (tertiary/aromatic N) is 1. The summed E-state index contributed by atoms with van der Waals surface area (Å²) in [6.07, 6.45) is 5.78. The molecule has 0 radical (unpaired) electrons. The van der Waals surface area contributed by atoms with Crippen molar-refractivity contribution in [1.29, 1.82) is 0 Å². The van der Waals surface area contributed by atoms with Crippen molar-refractivity contribution >= 4 is 11.5 Å². The summed E-state index contributed by atoms with van der Waals surface area (Å²) in [6, 6.07) is 6.39. The zero-order chi connectivity index (χ0) is 14.5. The lowest BCUT2D eigenvalue weighted by atomic mass is 9.77. The normalized spacial score (nSPS) is 22.4. The van der Waals surface area contributed by atoms with Crippen LogP contribution < -0.4 is 0 Å². The predicted octanol–water partition coefficient (Wildman–Crippen LogP) is 3.92. The summed E-state index contributed by atoms with van der Waals surface area (Å²) in [7, 11) is 0. The predicted molar refractivity (Wildman–Crippen MR) is 77.5 cm³/mol. The fourth-order valence-electron chi connectivity index (χ4n) is 3.07. The number of carbonyl (C=O) groups is 1. The van der Waals surface area contributed by atoms with Crippen LogP contribution in [0.5, 0.6) is 0 Å². The van der Waals surface area contributed by atoms with Gasteiger partial charge in [-0.2, -0.15) is 0 Å². The second-order valence-electron chi connectivity index (χ2n) is 5.87. The lowest BCUT2D eigenvalue weighted by Gasteiger charge is -2.28. The van der Waals surface area contributed by atoms with Gasteiger partial charge in [0.05, 0.1) is 4.92 Å². The van der Waals surface area contributed by atoms with Crippen LogP contribution in [0.1, 0.15) is 44.6 Å². The van der Waals surface area contributed by atoms with Crippen molar-refractivity contribution in [3.05, 3.63) is 39.9 Å².